The fourth-order valence-electron chi connectivity index (χ4n) is 2.03. The van der Waals surface area contributed by atoms with Gasteiger partial charge in [0, 0.05) is 11.6 Å². The Kier molecular flexibility index (Phi) is 3.36. The van der Waals surface area contributed by atoms with Crippen molar-refractivity contribution in [1.29, 1.82) is 0 Å². The van der Waals surface area contributed by atoms with Gasteiger partial charge in [0.1, 0.15) is 5.75 Å². The molecule has 3 nitrogen and oxygen atoms in total. The van der Waals surface area contributed by atoms with Crippen molar-refractivity contribution in [2.24, 2.45) is 0 Å². The lowest BCUT2D eigenvalue weighted by atomic mass is 10.0. The van der Waals surface area contributed by atoms with E-state index in [1.165, 1.54) is 0 Å². The van der Waals surface area contributed by atoms with Crippen molar-refractivity contribution in [2.45, 2.75) is 18.9 Å². The first-order valence-corrected chi connectivity index (χ1v) is 6.91. The van der Waals surface area contributed by atoms with Crippen LogP contribution in [-0.2, 0) is 0 Å². The zero-order chi connectivity index (χ0) is 14.1. The Bertz CT molecular complexity index is 665. The number of amides is 1. The van der Waals surface area contributed by atoms with Crippen molar-refractivity contribution < 1.29 is 9.90 Å². The van der Waals surface area contributed by atoms with Gasteiger partial charge in [0.2, 0.25) is 0 Å². The van der Waals surface area contributed by atoms with Crippen LogP contribution in [0.15, 0.2) is 42.5 Å². The molecular formula is C16H14ClNO2. The number of hydrogen-bond donors (Lipinski definition) is 2. The molecule has 0 radical (unpaired) electrons. The highest BCUT2D eigenvalue weighted by Crippen LogP contribution is 2.30. The Balaban J connectivity index is 1.89. The maximum absolute atomic E-state index is 12.0. The predicted octanol–water partition coefficient (Wildman–Crippen LogP) is 3.60. The third kappa shape index (κ3) is 2.78. The molecule has 4 heteroatoms. The minimum absolute atomic E-state index is 0.0389. The Labute approximate surface area is 122 Å². The second-order valence-electron chi connectivity index (χ2n) is 4.99. The van der Waals surface area contributed by atoms with Gasteiger partial charge >= 0.3 is 0 Å². The Hall–Kier alpha value is -2.00. The number of phenols is 1. The molecule has 1 saturated carbocycles. The summed E-state index contributed by atoms with van der Waals surface area (Å²) in [5.74, 6) is -0.00969. The van der Waals surface area contributed by atoms with E-state index in [0.29, 0.717) is 16.6 Å². The van der Waals surface area contributed by atoms with Gasteiger partial charge in [-0.15, -0.1) is 0 Å². The fourth-order valence-corrected chi connectivity index (χ4v) is 2.15. The molecule has 0 aromatic heterocycles. The molecule has 1 aliphatic rings. The van der Waals surface area contributed by atoms with E-state index >= 15 is 0 Å². The molecule has 20 heavy (non-hydrogen) atoms. The molecule has 0 aliphatic heterocycles. The molecule has 0 unspecified atom stereocenters. The van der Waals surface area contributed by atoms with Crippen LogP contribution >= 0.6 is 11.6 Å². The number of hydrogen-bond acceptors (Lipinski definition) is 2. The quantitative estimate of drug-likeness (QED) is 0.906. The van der Waals surface area contributed by atoms with Crippen molar-refractivity contribution in [2.75, 3.05) is 0 Å². The average Bonchev–Trinajstić information content (AvgIpc) is 3.26. The highest BCUT2D eigenvalue weighted by molar-refractivity contribution is 6.32. The van der Waals surface area contributed by atoms with Crippen molar-refractivity contribution >= 4 is 17.5 Å². The van der Waals surface area contributed by atoms with Gasteiger partial charge in [-0.05, 0) is 48.2 Å². The summed E-state index contributed by atoms with van der Waals surface area (Å²) in [5, 5.41) is 12.9. The van der Waals surface area contributed by atoms with E-state index in [-0.39, 0.29) is 11.7 Å². The van der Waals surface area contributed by atoms with Gasteiger partial charge in [-0.25, -0.2) is 0 Å². The van der Waals surface area contributed by atoms with Crippen LogP contribution in [0.3, 0.4) is 0 Å². The third-order valence-electron chi connectivity index (χ3n) is 3.32. The molecule has 0 saturated heterocycles. The van der Waals surface area contributed by atoms with Crippen LogP contribution in [0.5, 0.6) is 5.75 Å². The second kappa shape index (κ2) is 5.17. The van der Waals surface area contributed by atoms with Gasteiger partial charge in [0.25, 0.3) is 5.91 Å². The van der Waals surface area contributed by atoms with Crippen LogP contribution in [-0.4, -0.2) is 17.1 Å². The second-order valence-corrected chi connectivity index (χ2v) is 5.40. The van der Waals surface area contributed by atoms with E-state index in [9.17, 15) is 9.90 Å². The van der Waals surface area contributed by atoms with Gasteiger partial charge in [0.05, 0.1) is 5.02 Å². The van der Waals surface area contributed by atoms with Crippen LogP contribution in [0.2, 0.25) is 5.02 Å². The first-order valence-electron chi connectivity index (χ1n) is 6.53. The third-order valence-corrected chi connectivity index (χ3v) is 3.64. The first kappa shape index (κ1) is 13.0. The standard InChI is InChI=1S/C16H14ClNO2/c17-14-7-4-11(9-15(14)19)10-2-1-3-12(8-10)16(20)18-13-5-6-13/h1-4,7-9,13,19H,5-6H2,(H,18,20). The van der Waals surface area contributed by atoms with Gasteiger partial charge in [-0.2, -0.15) is 0 Å². The summed E-state index contributed by atoms with van der Waals surface area (Å²) in [6.07, 6.45) is 2.13. The SMILES string of the molecule is O=C(NC1CC1)c1cccc(-c2ccc(Cl)c(O)c2)c1. The Morgan fingerprint density at radius 1 is 1.15 bits per heavy atom. The molecule has 0 heterocycles. The van der Waals surface area contributed by atoms with E-state index < -0.39 is 0 Å². The van der Waals surface area contributed by atoms with E-state index in [2.05, 4.69) is 5.32 Å². The van der Waals surface area contributed by atoms with Crippen LogP contribution in [0, 0.1) is 0 Å². The number of carbonyl (C=O) groups excluding carboxylic acids is 1. The van der Waals surface area contributed by atoms with Crippen molar-refractivity contribution in [3.05, 3.63) is 53.1 Å². The number of nitrogens with one attached hydrogen (secondary N) is 1. The summed E-state index contributed by atoms with van der Waals surface area (Å²) in [6, 6.07) is 12.7. The molecule has 1 amide bonds. The van der Waals surface area contributed by atoms with E-state index in [1.807, 2.05) is 24.3 Å². The van der Waals surface area contributed by atoms with Gasteiger partial charge in [-0.3, -0.25) is 4.79 Å². The number of phenolic OH excluding ortho intramolecular Hbond substituents is 1. The minimum Gasteiger partial charge on any atom is -0.506 e. The summed E-state index contributed by atoms with van der Waals surface area (Å²) in [4.78, 5) is 12.0. The molecular weight excluding hydrogens is 274 g/mol. The van der Waals surface area contributed by atoms with Gasteiger partial charge < -0.3 is 10.4 Å². The smallest absolute Gasteiger partial charge is 0.251 e. The summed E-state index contributed by atoms with van der Waals surface area (Å²) in [6.45, 7) is 0. The zero-order valence-electron chi connectivity index (χ0n) is 10.8. The normalized spacial score (nSPS) is 14.1. The summed E-state index contributed by atoms with van der Waals surface area (Å²) in [5.41, 5.74) is 2.33. The highest BCUT2D eigenvalue weighted by atomic mass is 35.5. The Morgan fingerprint density at radius 2 is 1.90 bits per heavy atom. The molecule has 0 atom stereocenters. The fraction of sp³-hybridized carbons (Fsp3) is 0.188. The van der Waals surface area contributed by atoms with Crippen molar-refractivity contribution in [1.82, 2.24) is 5.32 Å². The summed E-state index contributed by atoms with van der Waals surface area (Å²) in [7, 11) is 0. The largest absolute Gasteiger partial charge is 0.506 e. The lowest BCUT2D eigenvalue weighted by Crippen LogP contribution is -2.25. The average molecular weight is 288 g/mol. The monoisotopic (exact) mass is 287 g/mol. The Morgan fingerprint density at radius 3 is 2.60 bits per heavy atom. The molecule has 3 rings (SSSR count). The van der Waals surface area contributed by atoms with Crippen LogP contribution in [0.25, 0.3) is 11.1 Å². The summed E-state index contributed by atoms with van der Waals surface area (Å²) >= 11 is 5.80. The minimum atomic E-state index is -0.0486. The molecule has 1 fully saturated rings. The molecule has 0 bridgehead atoms. The van der Waals surface area contributed by atoms with Crippen LogP contribution < -0.4 is 5.32 Å². The molecule has 102 valence electrons. The summed E-state index contributed by atoms with van der Waals surface area (Å²) < 4.78 is 0. The lowest BCUT2D eigenvalue weighted by molar-refractivity contribution is 0.0951. The van der Waals surface area contributed by atoms with E-state index in [1.54, 1.807) is 18.2 Å². The topological polar surface area (TPSA) is 49.3 Å². The number of rotatable bonds is 3. The molecule has 2 aromatic carbocycles. The maximum Gasteiger partial charge on any atom is 0.251 e. The molecule has 0 spiro atoms. The molecule has 2 N–H and O–H groups in total. The molecule has 2 aromatic rings. The van der Waals surface area contributed by atoms with Crippen molar-refractivity contribution in [3.8, 4) is 16.9 Å². The zero-order valence-corrected chi connectivity index (χ0v) is 11.5. The lowest BCUT2D eigenvalue weighted by Gasteiger charge is -2.07. The number of carbonyl (C=O) groups is 1. The van der Waals surface area contributed by atoms with Gasteiger partial charge in [0.15, 0.2) is 0 Å². The number of aromatic hydroxyl groups is 1. The number of benzene rings is 2. The first-order chi connectivity index (χ1) is 9.63. The van der Waals surface area contributed by atoms with Crippen LogP contribution in [0.1, 0.15) is 23.2 Å². The van der Waals surface area contributed by atoms with E-state index in [4.69, 9.17) is 11.6 Å². The van der Waals surface area contributed by atoms with Crippen molar-refractivity contribution in [3.63, 3.8) is 0 Å². The van der Waals surface area contributed by atoms with Gasteiger partial charge in [-0.1, -0.05) is 29.8 Å². The predicted molar refractivity (Wildman–Crippen MR) is 79.0 cm³/mol. The highest BCUT2D eigenvalue weighted by Gasteiger charge is 2.23. The van der Waals surface area contributed by atoms with Crippen LogP contribution in [0.4, 0.5) is 0 Å². The number of halogens is 1. The van der Waals surface area contributed by atoms with E-state index in [0.717, 1.165) is 24.0 Å². The molecule has 1 aliphatic carbocycles. The maximum atomic E-state index is 12.0.